The van der Waals surface area contributed by atoms with E-state index in [9.17, 15) is 28.8 Å². The molecule has 0 N–H and O–H groups in total. The summed E-state index contributed by atoms with van der Waals surface area (Å²) < 4.78 is 37.2. The molecule has 3 aromatic carbocycles. The molecule has 0 amide bonds. The van der Waals surface area contributed by atoms with Crippen molar-refractivity contribution in [3.63, 3.8) is 0 Å². The Balaban J connectivity index is 2.00. The van der Waals surface area contributed by atoms with Crippen molar-refractivity contribution in [1.82, 2.24) is 0 Å². The first-order chi connectivity index (χ1) is 27.7. The summed E-state index contributed by atoms with van der Waals surface area (Å²) in [6.45, 7) is 10.6. The van der Waals surface area contributed by atoms with Crippen LogP contribution in [0.15, 0.2) is 78.9 Å². The summed E-state index contributed by atoms with van der Waals surface area (Å²) in [5.41, 5.74) is 2.68. The highest BCUT2D eigenvalue weighted by Gasteiger charge is 2.38. The van der Waals surface area contributed by atoms with Crippen molar-refractivity contribution < 1.29 is 61.9 Å². The Bertz CT molecular complexity index is 1930. The maximum Gasteiger partial charge on any atom is 0.333 e. The Kier molecular flexibility index (Phi) is 18.6. The van der Waals surface area contributed by atoms with Crippen LogP contribution in [0.5, 0.6) is 5.75 Å². The predicted octanol–water partition coefficient (Wildman–Crippen LogP) is 6.99. The van der Waals surface area contributed by atoms with Crippen LogP contribution < -0.4 is 4.74 Å². The number of fused-ring (bicyclic) bond motifs is 1. The molecule has 0 radical (unpaired) electrons. The van der Waals surface area contributed by atoms with Gasteiger partial charge in [0.15, 0.2) is 0 Å². The second kappa shape index (κ2) is 23.3. The molecule has 0 atom stereocenters. The van der Waals surface area contributed by atoms with E-state index in [1.165, 1.54) is 18.9 Å². The second-order valence-corrected chi connectivity index (χ2v) is 14.2. The second-order valence-electron chi connectivity index (χ2n) is 14.2. The van der Waals surface area contributed by atoms with Crippen LogP contribution in [0.4, 0.5) is 0 Å². The van der Waals surface area contributed by atoms with Crippen molar-refractivity contribution in [1.29, 1.82) is 0 Å². The van der Waals surface area contributed by atoms with Crippen molar-refractivity contribution in [2.24, 2.45) is 5.41 Å². The smallest absolute Gasteiger partial charge is 0.333 e. The first-order valence-corrected chi connectivity index (χ1v) is 19.1. The molecule has 0 aliphatic heterocycles. The van der Waals surface area contributed by atoms with Gasteiger partial charge in [0.1, 0.15) is 50.4 Å². The number of hydrogen-bond acceptors (Lipinski definition) is 13. The largest absolute Gasteiger partial charge is 0.492 e. The fourth-order valence-corrected chi connectivity index (χ4v) is 5.63. The van der Waals surface area contributed by atoms with E-state index in [-0.39, 0.29) is 24.4 Å². The summed E-state index contributed by atoms with van der Waals surface area (Å²) in [4.78, 5) is 73.5. The van der Waals surface area contributed by atoms with E-state index in [1.807, 2.05) is 12.1 Å². The van der Waals surface area contributed by atoms with E-state index in [0.29, 0.717) is 18.6 Å². The van der Waals surface area contributed by atoms with Crippen LogP contribution in [0.25, 0.3) is 21.9 Å². The highest BCUT2D eigenvalue weighted by atomic mass is 16.6. The Labute approximate surface area is 339 Å². The Morgan fingerprint density at radius 3 is 1.74 bits per heavy atom. The maximum absolute atomic E-state index is 12.6. The van der Waals surface area contributed by atoms with Crippen molar-refractivity contribution in [2.45, 2.75) is 72.1 Å². The van der Waals surface area contributed by atoms with Crippen LogP contribution >= 0.6 is 0 Å². The molecule has 13 heteroatoms. The number of esters is 6. The van der Waals surface area contributed by atoms with Crippen LogP contribution in [0.3, 0.4) is 0 Å². The number of methoxy groups -OCH3 is 2. The molecular formula is C45H54O13. The van der Waals surface area contributed by atoms with Gasteiger partial charge in [0.25, 0.3) is 0 Å². The van der Waals surface area contributed by atoms with Gasteiger partial charge in [-0.3, -0.25) is 19.2 Å². The normalized spacial score (nSPS) is 10.9. The van der Waals surface area contributed by atoms with Gasteiger partial charge in [-0.25, -0.2) is 9.59 Å². The quantitative estimate of drug-likeness (QED) is 0.0299. The molecule has 3 aromatic rings. The standard InChI is InChI=1S/C45H54O13/c1-8-9-10-12-32-14-15-34-22-35(17-16-33(34)21-32)36-18-19-38(37(23-36)13-11-20-54-43(50)30(2)3)55-26-45(29-58-44(51)31(4)5,27-56-41(48)24-39(46)52-6)28-57-42(49)25-40(47)53-7/h14-19,21-23H,2,4,8-13,20,24-29H2,1,3,5-7H3. The molecule has 3 rings (SSSR count). The van der Waals surface area contributed by atoms with Gasteiger partial charge in [-0.05, 0) is 90.8 Å². The lowest BCUT2D eigenvalue weighted by Crippen LogP contribution is -2.44. The zero-order valence-corrected chi connectivity index (χ0v) is 34.1. The number of aryl methyl sites for hydroxylation is 2. The number of carbonyl (C=O) groups is 6. The predicted molar refractivity (Wildman–Crippen MR) is 216 cm³/mol. The Morgan fingerprint density at radius 1 is 0.586 bits per heavy atom. The highest BCUT2D eigenvalue weighted by molar-refractivity contribution is 5.92. The monoisotopic (exact) mass is 802 g/mol. The molecule has 312 valence electrons. The number of rotatable bonds is 24. The Morgan fingerprint density at radius 2 is 1.14 bits per heavy atom. The average molecular weight is 803 g/mol. The fraction of sp³-hybridized carbons (Fsp3) is 0.422. The lowest BCUT2D eigenvalue weighted by molar-refractivity contribution is -0.165. The zero-order chi connectivity index (χ0) is 42.7. The summed E-state index contributed by atoms with van der Waals surface area (Å²) in [5, 5.41) is 2.23. The zero-order valence-electron chi connectivity index (χ0n) is 34.1. The van der Waals surface area contributed by atoms with Gasteiger partial charge < -0.3 is 33.2 Å². The number of unbranched alkanes of at least 4 members (excludes halogenated alkanes) is 2. The first kappa shape index (κ1) is 46.4. The molecule has 0 saturated carbocycles. The number of hydrogen-bond donors (Lipinski definition) is 0. The first-order valence-electron chi connectivity index (χ1n) is 19.1. The summed E-state index contributed by atoms with van der Waals surface area (Å²) in [7, 11) is 2.23. The van der Waals surface area contributed by atoms with Crippen molar-refractivity contribution in [3.05, 3.63) is 90.0 Å². The van der Waals surface area contributed by atoms with Crippen LogP contribution in [0.2, 0.25) is 0 Å². The summed E-state index contributed by atoms with van der Waals surface area (Å²) in [6.07, 6.45) is 3.93. The third kappa shape index (κ3) is 15.2. The van der Waals surface area contributed by atoms with Crippen molar-refractivity contribution in [2.75, 3.05) is 47.3 Å². The van der Waals surface area contributed by atoms with Gasteiger partial charge in [-0.2, -0.15) is 0 Å². The molecular weight excluding hydrogens is 748 g/mol. The summed E-state index contributed by atoms with van der Waals surface area (Å²) in [6, 6.07) is 18.4. The molecule has 13 nitrogen and oxygen atoms in total. The topological polar surface area (TPSA) is 167 Å². The van der Waals surface area contributed by atoms with Gasteiger partial charge in [-0.15, -0.1) is 0 Å². The van der Waals surface area contributed by atoms with Gasteiger partial charge in [-0.1, -0.05) is 69.3 Å². The highest BCUT2D eigenvalue weighted by Crippen LogP contribution is 2.32. The minimum absolute atomic E-state index is 0.0755. The molecule has 0 saturated heterocycles. The summed E-state index contributed by atoms with van der Waals surface area (Å²) in [5.74, 6) is -4.49. The lowest BCUT2D eigenvalue weighted by atomic mass is 9.91. The summed E-state index contributed by atoms with van der Waals surface area (Å²) >= 11 is 0. The van der Waals surface area contributed by atoms with E-state index in [1.54, 1.807) is 13.0 Å². The van der Waals surface area contributed by atoms with Crippen LogP contribution in [-0.4, -0.2) is 83.1 Å². The van der Waals surface area contributed by atoms with Crippen molar-refractivity contribution in [3.8, 4) is 16.9 Å². The molecule has 0 heterocycles. The minimum Gasteiger partial charge on any atom is -0.492 e. The lowest BCUT2D eigenvalue weighted by Gasteiger charge is -2.32. The molecule has 0 fully saturated rings. The maximum atomic E-state index is 12.6. The van der Waals surface area contributed by atoms with E-state index < -0.39 is 73.9 Å². The molecule has 0 aliphatic carbocycles. The third-order valence-electron chi connectivity index (χ3n) is 9.04. The molecule has 0 unspecified atom stereocenters. The van der Waals surface area contributed by atoms with Gasteiger partial charge in [0.2, 0.25) is 0 Å². The molecule has 0 aromatic heterocycles. The SMILES string of the molecule is C=C(C)C(=O)OCCCc1cc(-c2ccc3cc(CCCCC)ccc3c2)ccc1OCC(COC(=O)CC(=O)OC)(COC(=O)CC(=O)OC)COC(=O)C(=C)C. The fourth-order valence-electron chi connectivity index (χ4n) is 5.63. The van der Waals surface area contributed by atoms with Gasteiger partial charge in [0.05, 0.1) is 20.8 Å². The minimum atomic E-state index is -1.55. The van der Waals surface area contributed by atoms with Gasteiger partial charge in [0, 0.05) is 11.1 Å². The van der Waals surface area contributed by atoms with E-state index >= 15 is 0 Å². The number of carbonyl (C=O) groups excluding carboxylic acids is 6. The van der Waals surface area contributed by atoms with Gasteiger partial charge >= 0.3 is 35.8 Å². The molecule has 0 aliphatic rings. The number of ether oxygens (including phenoxy) is 7. The molecule has 0 spiro atoms. The number of benzene rings is 3. The Hall–Kier alpha value is -5.98. The van der Waals surface area contributed by atoms with E-state index in [0.717, 1.165) is 60.9 Å². The van der Waals surface area contributed by atoms with E-state index in [4.69, 9.17) is 23.7 Å². The molecule has 58 heavy (non-hydrogen) atoms. The van der Waals surface area contributed by atoms with Crippen molar-refractivity contribution >= 4 is 46.6 Å². The molecule has 0 bridgehead atoms. The van der Waals surface area contributed by atoms with Crippen LogP contribution in [0.1, 0.15) is 70.4 Å². The van der Waals surface area contributed by atoms with Crippen LogP contribution in [-0.2, 0) is 70.0 Å². The van der Waals surface area contributed by atoms with Crippen LogP contribution in [0, 0.1) is 5.41 Å². The average Bonchev–Trinajstić information content (AvgIpc) is 3.21. The third-order valence-corrected chi connectivity index (χ3v) is 9.04. The van der Waals surface area contributed by atoms with E-state index in [2.05, 4.69) is 66.0 Å².